The van der Waals surface area contributed by atoms with E-state index < -0.39 is 15.1 Å². The van der Waals surface area contributed by atoms with Crippen molar-refractivity contribution in [2.45, 2.75) is 11.3 Å². The molecule has 0 saturated carbocycles. The molecule has 8 heteroatoms. The van der Waals surface area contributed by atoms with Crippen LogP contribution in [0.1, 0.15) is 10.4 Å². The van der Waals surface area contributed by atoms with Crippen LogP contribution in [0, 0.1) is 5.92 Å². The maximum Gasteiger partial charge on any atom is 0.254 e. The molecule has 3 heterocycles. The Kier molecular flexibility index (Phi) is 3.50. The van der Waals surface area contributed by atoms with Gasteiger partial charge in [-0.3, -0.25) is 4.79 Å². The fourth-order valence-electron chi connectivity index (χ4n) is 3.94. The zero-order chi connectivity index (χ0) is 17.1. The van der Waals surface area contributed by atoms with Crippen molar-refractivity contribution >= 4 is 15.7 Å². The fourth-order valence-corrected chi connectivity index (χ4v) is 6.42. The van der Waals surface area contributed by atoms with Crippen molar-refractivity contribution in [3.05, 3.63) is 23.8 Å². The lowest BCUT2D eigenvalue weighted by atomic mass is 10.00. The lowest BCUT2D eigenvalue weighted by molar-refractivity contribution is 0.0779. The molecular weight excluding hydrogens is 332 g/mol. The van der Waals surface area contributed by atoms with Crippen LogP contribution in [-0.4, -0.2) is 75.1 Å². The molecule has 2 fully saturated rings. The molecule has 0 radical (unpaired) electrons. The average Bonchev–Trinajstić information content (AvgIpc) is 3.21. The van der Waals surface area contributed by atoms with Crippen LogP contribution < -0.4 is 9.47 Å². The number of nitrogens with zero attached hydrogens (tertiary/aromatic N) is 2. The van der Waals surface area contributed by atoms with Crippen LogP contribution in [0.3, 0.4) is 0 Å². The molecule has 0 spiro atoms. The second kappa shape index (κ2) is 5.35. The van der Waals surface area contributed by atoms with E-state index in [1.165, 1.54) is 0 Å². The summed E-state index contributed by atoms with van der Waals surface area (Å²) in [5.41, 5.74) is 0.498. The van der Waals surface area contributed by atoms with Crippen molar-refractivity contribution in [1.82, 2.24) is 9.80 Å². The second-order valence-corrected chi connectivity index (χ2v) is 9.11. The number of carbonyl (C=O) groups is 1. The largest absolute Gasteiger partial charge is 0.454 e. The summed E-state index contributed by atoms with van der Waals surface area (Å²) in [6.07, 6.45) is 0. The van der Waals surface area contributed by atoms with Gasteiger partial charge >= 0.3 is 0 Å². The van der Waals surface area contributed by atoms with Crippen molar-refractivity contribution < 1.29 is 22.7 Å². The van der Waals surface area contributed by atoms with Crippen LogP contribution in [0.5, 0.6) is 11.5 Å². The molecule has 1 aromatic rings. The number of carbonyl (C=O) groups excluding carboxylic acids is 1. The number of likely N-dealkylation sites (tertiary alicyclic amines) is 1. The van der Waals surface area contributed by atoms with Gasteiger partial charge in [0.1, 0.15) is 0 Å². The van der Waals surface area contributed by atoms with Crippen molar-refractivity contribution in [2.75, 3.05) is 39.7 Å². The summed E-state index contributed by atoms with van der Waals surface area (Å²) >= 11 is 0. The average molecular weight is 352 g/mol. The van der Waals surface area contributed by atoms with Crippen molar-refractivity contribution in [2.24, 2.45) is 5.92 Å². The standard InChI is InChI=1S/C16H20N2O5S/c1-17(2)12-8-24(20,21)15-7-18(6-11(12)15)16(19)10-3-4-13-14(5-10)23-9-22-13/h3-5,11-12,15H,6-9H2,1-2H3/t11-,12+,15-/m0/s1. The van der Waals surface area contributed by atoms with E-state index in [0.29, 0.717) is 23.6 Å². The number of rotatable bonds is 2. The molecular formula is C16H20N2O5S. The molecule has 7 nitrogen and oxygen atoms in total. The monoisotopic (exact) mass is 352 g/mol. The minimum Gasteiger partial charge on any atom is -0.454 e. The molecule has 0 N–H and O–H groups in total. The van der Waals surface area contributed by atoms with Crippen LogP contribution in [-0.2, 0) is 9.84 Å². The van der Waals surface area contributed by atoms with Crippen LogP contribution in [0.2, 0.25) is 0 Å². The summed E-state index contributed by atoms with van der Waals surface area (Å²) in [5, 5.41) is -0.456. The van der Waals surface area contributed by atoms with Gasteiger partial charge in [-0.2, -0.15) is 0 Å². The Balaban J connectivity index is 1.57. The van der Waals surface area contributed by atoms with E-state index in [0.717, 1.165) is 0 Å². The first-order valence-corrected chi connectivity index (χ1v) is 9.65. The van der Waals surface area contributed by atoms with E-state index in [1.807, 2.05) is 19.0 Å². The van der Waals surface area contributed by atoms with E-state index in [-0.39, 0.29) is 37.0 Å². The number of ether oxygens (including phenoxy) is 2. The van der Waals surface area contributed by atoms with E-state index in [9.17, 15) is 13.2 Å². The van der Waals surface area contributed by atoms with E-state index in [2.05, 4.69) is 0 Å². The molecule has 130 valence electrons. The van der Waals surface area contributed by atoms with Crippen molar-refractivity contribution in [1.29, 1.82) is 0 Å². The smallest absolute Gasteiger partial charge is 0.254 e. The van der Waals surface area contributed by atoms with Crippen LogP contribution in [0.25, 0.3) is 0 Å². The van der Waals surface area contributed by atoms with Crippen LogP contribution >= 0.6 is 0 Å². The molecule has 0 aliphatic carbocycles. The van der Waals surface area contributed by atoms with E-state index in [4.69, 9.17) is 9.47 Å². The highest BCUT2D eigenvalue weighted by atomic mass is 32.2. The summed E-state index contributed by atoms with van der Waals surface area (Å²) in [5.74, 6) is 1.18. The van der Waals surface area contributed by atoms with Gasteiger partial charge < -0.3 is 19.3 Å². The number of amides is 1. The highest BCUT2D eigenvalue weighted by Crippen LogP contribution is 2.37. The Bertz CT molecular complexity index is 792. The minimum absolute atomic E-state index is 0.0250. The maximum absolute atomic E-state index is 12.8. The summed E-state index contributed by atoms with van der Waals surface area (Å²) in [6, 6.07) is 5.04. The van der Waals surface area contributed by atoms with E-state index >= 15 is 0 Å². The Hall–Kier alpha value is -1.80. The van der Waals surface area contributed by atoms with Gasteiger partial charge in [0.05, 0.1) is 11.0 Å². The molecule has 0 unspecified atom stereocenters. The Morgan fingerprint density at radius 2 is 1.96 bits per heavy atom. The fraction of sp³-hybridized carbons (Fsp3) is 0.562. The zero-order valence-electron chi connectivity index (χ0n) is 13.6. The van der Waals surface area contributed by atoms with Gasteiger partial charge in [0.2, 0.25) is 6.79 Å². The Labute approximate surface area is 141 Å². The molecule has 1 aromatic carbocycles. The molecule has 24 heavy (non-hydrogen) atoms. The molecule has 4 rings (SSSR count). The van der Waals surface area contributed by atoms with Crippen LogP contribution in [0.15, 0.2) is 18.2 Å². The Morgan fingerprint density at radius 3 is 2.71 bits per heavy atom. The number of sulfone groups is 1. The van der Waals surface area contributed by atoms with Gasteiger partial charge in [0.25, 0.3) is 5.91 Å². The number of hydrogen-bond acceptors (Lipinski definition) is 6. The highest BCUT2D eigenvalue weighted by Gasteiger charge is 2.53. The topological polar surface area (TPSA) is 76.2 Å². The number of benzene rings is 1. The predicted octanol–water partition coefficient (Wildman–Crippen LogP) is 0.215. The van der Waals surface area contributed by atoms with Crippen molar-refractivity contribution in [3.63, 3.8) is 0 Å². The number of hydrogen-bond donors (Lipinski definition) is 0. The highest BCUT2D eigenvalue weighted by molar-refractivity contribution is 7.92. The third-order valence-corrected chi connectivity index (χ3v) is 7.46. The zero-order valence-corrected chi connectivity index (χ0v) is 14.5. The first-order chi connectivity index (χ1) is 11.4. The summed E-state index contributed by atoms with van der Waals surface area (Å²) in [7, 11) is 0.631. The van der Waals surface area contributed by atoms with Gasteiger partial charge in [-0.25, -0.2) is 8.42 Å². The molecule has 2 saturated heterocycles. The van der Waals surface area contributed by atoms with E-state index in [1.54, 1.807) is 23.1 Å². The van der Waals surface area contributed by atoms with Crippen molar-refractivity contribution in [3.8, 4) is 11.5 Å². The summed E-state index contributed by atoms with van der Waals surface area (Å²) in [4.78, 5) is 16.4. The normalized spacial score (nSPS) is 30.0. The predicted molar refractivity (Wildman–Crippen MR) is 87.0 cm³/mol. The van der Waals surface area contributed by atoms with Crippen LogP contribution in [0.4, 0.5) is 0 Å². The molecule has 0 aromatic heterocycles. The quantitative estimate of drug-likeness (QED) is 0.758. The lowest BCUT2D eigenvalue weighted by Gasteiger charge is -2.25. The van der Waals surface area contributed by atoms with Gasteiger partial charge in [-0.05, 0) is 32.3 Å². The van der Waals surface area contributed by atoms with Gasteiger partial charge in [-0.15, -0.1) is 0 Å². The molecule has 3 atom stereocenters. The lowest BCUT2D eigenvalue weighted by Crippen LogP contribution is -2.38. The second-order valence-electron chi connectivity index (χ2n) is 6.84. The summed E-state index contributed by atoms with van der Waals surface area (Å²) in [6.45, 7) is 0.897. The van der Waals surface area contributed by atoms with Gasteiger partial charge in [0.15, 0.2) is 21.3 Å². The molecule has 1 amide bonds. The third-order valence-electron chi connectivity index (χ3n) is 5.24. The summed E-state index contributed by atoms with van der Waals surface area (Å²) < 4.78 is 35.4. The van der Waals surface area contributed by atoms with Gasteiger partial charge in [0, 0.05) is 30.6 Å². The number of fused-ring (bicyclic) bond motifs is 2. The molecule has 3 aliphatic rings. The minimum atomic E-state index is -3.16. The Morgan fingerprint density at radius 1 is 1.21 bits per heavy atom. The SMILES string of the molecule is CN(C)[C@@H]1CS(=O)(=O)[C@H]2CN(C(=O)c3ccc4c(c3)OCO4)C[C@@H]12. The molecule has 0 bridgehead atoms. The third kappa shape index (κ3) is 2.36. The molecule has 3 aliphatic heterocycles. The first-order valence-electron chi connectivity index (χ1n) is 7.94. The maximum atomic E-state index is 12.8. The first kappa shape index (κ1) is 15.7. The van der Waals surface area contributed by atoms with Gasteiger partial charge in [-0.1, -0.05) is 0 Å².